The van der Waals surface area contributed by atoms with Crippen LogP contribution >= 0.6 is 34.8 Å². The van der Waals surface area contributed by atoms with Gasteiger partial charge in [-0.25, -0.2) is 0 Å². The number of anilines is 1. The number of halogens is 3. The van der Waals surface area contributed by atoms with Gasteiger partial charge in [-0.05, 0) is 42.0 Å². The van der Waals surface area contributed by atoms with E-state index in [1.807, 2.05) is 18.2 Å². The second-order valence-corrected chi connectivity index (χ2v) is 5.22. The smallest absolute Gasteiger partial charge is 0.101 e. The Balaban J connectivity index is 2.10. The quantitative estimate of drug-likeness (QED) is 0.853. The second-order valence-electron chi connectivity index (χ2n) is 3.94. The van der Waals surface area contributed by atoms with Crippen LogP contribution in [0.15, 0.2) is 36.4 Å². The van der Waals surface area contributed by atoms with Crippen LogP contribution in [0.3, 0.4) is 0 Å². The first-order valence-corrected chi connectivity index (χ1v) is 6.60. The molecule has 0 bridgehead atoms. The van der Waals surface area contributed by atoms with Gasteiger partial charge in [0.05, 0.1) is 10.6 Å². The maximum atomic E-state index is 8.79. The van der Waals surface area contributed by atoms with E-state index in [9.17, 15) is 0 Å². The molecular weight excluding hydrogens is 303 g/mol. The molecule has 0 radical (unpaired) electrons. The van der Waals surface area contributed by atoms with E-state index < -0.39 is 0 Å². The maximum Gasteiger partial charge on any atom is 0.101 e. The summed E-state index contributed by atoms with van der Waals surface area (Å²) < 4.78 is 0. The van der Waals surface area contributed by atoms with Gasteiger partial charge in [0, 0.05) is 22.3 Å². The fraction of sp³-hybridized carbons (Fsp3) is 0.0714. The van der Waals surface area contributed by atoms with E-state index in [0.29, 0.717) is 27.2 Å². The number of benzene rings is 2. The molecule has 2 nitrogen and oxygen atoms in total. The lowest BCUT2D eigenvalue weighted by Crippen LogP contribution is -1.99. The predicted octanol–water partition coefficient (Wildman–Crippen LogP) is 5.13. The van der Waals surface area contributed by atoms with E-state index in [0.717, 1.165) is 11.3 Å². The van der Waals surface area contributed by atoms with Crippen molar-refractivity contribution in [1.29, 1.82) is 5.26 Å². The van der Waals surface area contributed by atoms with Crippen LogP contribution in [0.2, 0.25) is 15.1 Å². The third-order valence-electron chi connectivity index (χ3n) is 2.51. The molecule has 1 N–H and O–H groups in total. The molecule has 96 valence electrons. The third kappa shape index (κ3) is 3.78. The molecule has 0 spiro atoms. The van der Waals surface area contributed by atoms with Crippen molar-refractivity contribution in [2.45, 2.75) is 6.54 Å². The monoisotopic (exact) mass is 310 g/mol. The third-order valence-corrected chi connectivity index (χ3v) is 3.26. The van der Waals surface area contributed by atoms with Crippen molar-refractivity contribution in [3.63, 3.8) is 0 Å². The highest BCUT2D eigenvalue weighted by atomic mass is 35.5. The van der Waals surface area contributed by atoms with Crippen LogP contribution in [0.25, 0.3) is 0 Å². The minimum Gasteiger partial charge on any atom is -0.381 e. The highest BCUT2D eigenvalue weighted by Gasteiger charge is 2.02. The summed E-state index contributed by atoms with van der Waals surface area (Å²) in [7, 11) is 0. The molecule has 0 fully saturated rings. The average Bonchev–Trinajstić information content (AvgIpc) is 2.35. The molecule has 0 aliphatic carbocycles. The Kier molecular flexibility index (Phi) is 4.55. The number of rotatable bonds is 3. The van der Waals surface area contributed by atoms with Crippen LogP contribution < -0.4 is 5.32 Å². The first-order chi connectivity index (χ1) is 9.08. The summed E-state index contributed by atoms with van der Waals surface area (Å²) in [6.45, 7) is 0.572. The zero-order valence-corrected chi connectivity index (χ0v) is 12.0. The van der Waals surface area contributed by atoms with Gasteiger partial charge < -0.3 is 5.32 Å². The topological polar surface area (TPSA) is 35.8 Å². The van der Waals surface area contributed by atoms with Gasteiger partial charge in [0.25, 0.3) is 0 Å². The van der Waals surface area contributed by atoms with Crippen molar-refractivity contribution < 1.29 is 0 Å². The van der Waals surface area contributed by atoms with E-state index in [4.69, 9.17) is 40.1 Å². The average molecular weight is 312 g/mol. The van der Waals surface area contributed by atoms with Crippen molar-refractivity contribution in [3.05, 3.63) is 62.6 Å². The van der Waals surface area contributed by atoms with E-state index in [1.165, 1.54) is 0 Å². The predicted molar refractivity (Wildman–Crippen MR) is 80.0 cm³/mol. The highest BCUT2D eigenvalue weighted by Crippen LogP contribution is 2.22. The number of nitrogens with one attached hydrogen (secondary N) is 1. The lowest BCUT2D eigenvalue weighted by atomic mass is 10.2. The summed E-state index contributed by atoms with van der Waals surface area (Å²) >= 11 is 17.8. The van der Waals surface area contributed by atoms with Crippen molar-refractivity contribution in [1.82, 2.24) is 0 Å². The van der Waals surface area contributed by atoms with Gasteiger partial charge in [0.1, 0.15) is 6.07 Å². The summed E-state index contributed by atoms with van der Waals surface area (Å²) in [5.41, 5.74) is 2.26. The molecule has 2 aromatic rings. The summed E-state index contributed by atoms with van der Waals surface area (Å²) in [6.07, 6.45) is 0. The van der Waals surface area contributed by atoms with Crippen molar-refractivity contribution >= 4 is 40.5 Å². The van der Waals surface area contributed by atoms with Gasteiger partial charge >= 0.3 is 0 Å². The molecule has 0 saturated carbocycles. The van der Waals surface area contributed by atoms with E-state index in [-0.39, 0.29) is 0 Å². The van der Waals surface area contributed by atoms with Crippen LogP contribution in [0.1, 0.15) is 11.1 Å². The second kappa shape index (κ2) is 6.16. The number of hydrogen-bond donors (Lipinski definition) is 1. The number of hydrogen-bond acceptors (Lipinski definition) is 2. The van der Waals surface area contributed by atoms with Crippen LogP contribution in [0.4, 0.5) is 5.69 Å². The Morgan fingerprint density at radius 3 is 2.26 bits per heavy atom. The molecule has 0 unspecified atom stereocenters. The van der Waals surface area contributed by atoms with Gasteiger partial charge in [-0.3, -0.25) is 0 Å². The minimum absolute atomic E-state index is 0.427. The van der Waals surface area contributed by atoms with Gasteiger partial charge in [-0.1, -0.05) is 34.8 Å². The molecule has 0 aliphatic rings. The number of nitrogens with zero attached hydrogens (tertiary/aromatic N) is 1. The zero-order valence-electron chi connectivity index (χ0n) is 9.75. The van der Waals surface area contributed by atoms with Gasteiger partial charge in [0.15, 0.2) is 0 Å². The van der Waals surface area contributed by atoms with Crippen LogP contribution in [-0.4, -0.2) is 0 Å². The fourth-order valence-electron chi connectivity index (χ4n) is 1.63. The molecule has 2 aromatic carbocycles. The normalized spacial score (nSPS) is 10.0. The highest BCUT2D eigenvalue weighted by molar-refractivity contribution is 6.34. The Morgan fingerprint density at radius 2 is 1.68 bits per heavy atom. The molecule has 5 heteroatoms. The summed E-state index contributed by atoms with van der Waals surface area (Å²) in [5, 5.41) is 13.6. The fourth-order valence-corrected chi connectivity index (χ4v) is 2.43. The molecule has 0 aliphatic heterocycles. The largest absolute Gasteiger partial charge is 0.381 e. The van der Waals surface area contributed by atoms with E-state index in [2.05, 4.69) is 5.32 Å². The summed E-state index contributed by atoms with van der Waals surface area (Å²) in [5.74, 6) is 0. The van der Waals surface area contributed by atoms with Gasteiger partial charge in [-0.2, -0.15) is 5.26 Å². The minimum atomic E-state index is 0.427. The molecular formula is C14H9Cl3N2. The SMILES string of the molecule is N#Cc1ccc(NCc2cc(Cl)cc(Cl)c2)cc1Cl. The van der Waals surface area contributed by atoms with E-state index >= 15 is 0 Å². The van der Waals surface area contributed by atoms with Crippen LogP contribution in [-0.2, 0) is 6.54 Å². The molecule has 0 heterocycles. The standard InChI is InChI=1S/C14H9Cl3N2/c15-11-3-9(4-12(16)5-11)8-19-13-2-1-10(7-18)14(17)6-13/h1-6,19H,8H2. The molecule has 0 aromatic heterocycles. The Labute approximate surface area is 126 Å². The van der Waals surface area contributed by atoms with Crippen molar-refractivity contribution in [3.8, 4) is 6.07 Å². The number of nitriles is 1. The van der Waals surface area contributed by atoms with Gasteiger partial charge in [0.2, 0.25) is 0 Å². The zero-order chi connectivity index (χ0) is 13.8. The van der Waals surface area contributed by atoms with E-state index in [1.54, 1.807) is 24.3 Å². The van der Waals surface area contributed by atoms with Crippen LogP contribution in [0.5, 0.6) is 0 Å². The Hall–Kier alpha value is -1.40. The first-order valence-electron chi connectivity index (χ1n) is 5.47. The Morgan fingerprint density at radius 1 is 1.00 bits per heavy atom. The summed E-state index contributed by atoms with van der Waals surface area (Å²) in [6, 6.07) is 12.6. The van der Waals surface area contributed by atoms with Gasteiger partial charge in [-0.15, -0.1) is 0 Å². The van der Waals surface area contributed by atoms with Crippen molar-refractivity contribution in [2.24, 2.45) is 0 Å². The molecule has 0 saturated heterocycles. The molecule has 0 amide bonds. The summed E-state index contributed by atoms with van der Waals surface area (Å²) in [4.78, 5) is 0. The lowest BCUT2D eigenvalue weighted by molar-refractivity contribution is 1.15. The Bertz CT molecular complexity index is 627. The maximum absolute atomic E-state index is 8.79. The van der Waals surface area contributed by atoms with Crippen LogP contribution in [0, 0.1) is 11.3 Å². The molecule has 19 heavy (non-hydrogen) atoms. The molecule has 2 rings (SSSR count). The van der Waals surface area contributed by atoms with Crippen molar-refractivity contribution in [2.75, 3.05) is 5.32 Å². The lowest BCUT2D eigenvalue weighted by Gasteiger charge is -2.08. The molecule has 0 atom stereocenters. The first kappa shape index (κ1) is 14.0.